The number of methoxy groups -OCH3 is 1. The molecule has 2 aromatic carbocycles. The first-order valence-corrected chi connectivity index (χ1v) is 8.44. The largest absolute Gasteiger partial charge is 0.465 e. The molecular weight excluding hydrogens is 346 g/mol. The molecule has 0 unspecified atom stereocenters. The molecular formula is C20H23N3O4. The zero-order valence-corrected chi connectivity index (χ0v) is 15.6. The van der Waals surface area contributed by atoms with Crippen LogP contribution in [0.25, 0.3) is 0 Å². The highest BCUT2D eigenvalue weighted by Gasteiger charge is 2.14. The second-order valence-corrected chi connectivity index (χ2v) is 6.13. The highest BCUT2D eigenvalue weighted by Crippen LogP contribution is 2.17. The zero-order chi connectivity index (χ0) is 19.8. The Morgan fingerprint density at radius 3 is 2.11 bits per heavy atom. The molecule has 2 aromatic rings. The van der Waals surface area contributed by atoms with Crippen molar-refractivity contribution in [3.8, 4) is 0 Å². The SMILES string of the molecule is COC(=O)c1ccccc1NC(=O)c1ccc(C(=O)NCCN(C)C)cc1. The number of carbonyl (C=O) groups excluding carboxylic acids is 3. The van der Waals surface area contributed by atoms with Gasteiger partial charge < -0.3 is 20.3 Å². The molecule has 0 fully saturated rings. The van der Waals surface area contributed by atoms with E-state index in [4.69, 9.17) is 4.74 Å². The van der Waals surface area contributed by atoms with Gasteiger partial charge in [-0.05, 0) is 50.5 Å². The molecule has 0 atom stereocenters. The molecule has 0 radical (unpaired) electrons. The predicted molar refractivity (Wildman–Crippen MR) is 103 cm³/mol. The number of esters is 1. The Bertz CT molecular complexity index is 816. The third-order valence-electron chi connectivity index (χ3n) is 3.83. The summed E-state index contributed by atoms with van der Waals surface area (Å²) >= 11 is 0. The number of hydrogen-bond acceptors (Lipinski definition) is 5. The topological polar surface area (TPSA) is 87.7 Å². The summed E-state index contributed by atoms with van der Waals surface area (Å²) in [5.41, 5.74) is 1.48. The molecule has 2 rings (SSSR count). The number of rotatable bonds is 7. The van der Waals surface area contributed by atoms with E-state index >= 15 is 0 Å². The monoisotopic (exact) mass is 369 g/mol. The first-order valence-electron chi connectivity index (χ1n) is 8.44. The van der Waals surface area contributed by atoms with Crippen LogP contribution in [0.5, 0.6) is 0 Å². The van der Waals surface area contributed by atoms with Gasteiger partial charge in [-0.1, -0.05) is 12.1 Å². The number of carbonyl (C=O) groups is 3. The Kier molecular flexibility index (Phi) is 7.08. The minimum Gasteiger partial charge on any atom is -0.465 e. The normalized spacial score (nSPS) is 10.4. The van der Waals surface area contributed by atoms with Gasteiger partial charge in [0.15, 0.2) is 0 Å². The number of likely N-dealkylation sites (N-methyl/N-ethyl adjacent to an activating group) is 1. The molecule has 0 saturated carbocycles. The lowest BCUT2D eigenvalue weighted by atomic mass is 10.1. The van der Waals surface area contributed by atoms with E-state index in [9.17, 15) is 14.4 Å². The van der Waals surface area contributed by atoms with Crippen LogP contribution < -0.4 is 10.6 Å². The van der Waals surface area contributed by atoms with Crippen molar-refractivity contribution in [1.82, 2.24) is 10.2 Å². The molecule has 7 heteroatoms. The number of nitrogens with one attached hydrogen (secondary N) is 2. The van der Waals surface area contributed by atoms with Gasteiger partial charge in [-0.15, -0.1) is 0 Å². The van der Waals surface area contributed by atoms with E-state index in [0.717, 1.165) is 6.54 Å². The van der Waals surface area contributed by atoms with E-state index in [0.29, 0.717) is 23.4 Å². The predicted octanol–water partition coefficient (Wildman–Crippen LogP) is 2.02. The van der Waals surface area contributed by atoms with Crippen molar-refractivity contribution in [2.45, 2.75) is 0 Å². The molecule has 142 valence electrons. The van der Waals surface area contributed by atoms with Gasteiger partial charge in [-0.25, -0.2) is 4.79 Å². The van der Waals surface area contributed by atoms with Gasteiger partial charge in [-0.3, -0.25) is 9.59 Å². The van der Waals surface area contributed by atoms with E-state index in [1.165, 1.54) is 7.11 Å². The molecule has 0 heterocycles. The third kappa shape index (κ3) is 5.65. The Balaban J connectivity index is 2.04. The van der Waals surface area contributed by atoms with Crippen LogP contribution in [-0.2, 0) is 4.74 Å². The average Bonchev–Trinajstić information content (AvgIpc) is 2.67. The highest BCUT2D eigenvalue weighted by atomic mass is 16.5. The van der Waals surface area contributed by atoms with Gasteiger partial charge in [0.1, 0.15) is 0 Å². The fraction of sp³-hybridized carbons (Fsp3) is 0.250. The van der Waals surface area contributed by atoms with Crippen LogP contribution in [0.2, 0.25) is 0 Å². The van der Waals surface area contributed by atoms with Gasteiger partial charge in [0.2, 0.25) is 0 Å². The van der Waals surface area contributed by atoms with E-state index in [-0.39, 0.29) is 17.4 Å². The van der Waals surface area contributed by atoms with Crippen LogP contribution in [-0.4, -0.2) is 57.0 Å². The first kappa shape index (κ1) is 20.1. The van der Waals surface area contributed by atoms with E-state index in [1.807, 2.05) is 19.0 Å². The van der Waals surface area contributed by atoms with Crippen molar-refractivity contribution >= 4 is 23.5 Å². The van der Waals surface area contributed by atoms with Gasteiger partial charge in [-0.2, -0.15) is 0 Å². The van der Waals surface area contributed by atoms with Crippen molar-refractivity contribution < 1.29 is 19.1 Å². The van der Waals surface area contributed by atoms with E-state index < -0.39 is 5.97 Å². The van der Waals surface area contributed by atoms with E-state index in [1.54, 1.807) is 48.5 Å². The van der Waals surface area contributed by atoms with E-state index in [2.05, 4.69) is 10.6 Å². The maximum Gasteiger partial charge on any atom is 0.339 e. The third-order valence-corrected chi connectivity index (χ3v) is 3.83. The number of amides is 2. The lowest BCUT2D eigenvalue weighted by Gasteiger charge is -2.11. The fourth-order valence-corrected chi connectivity index (χ4v) is 2.34. The molecule has 7 nitrogen and oxygen atoms in total. The van der Waals surface area contributed by atoms with Crippen LogP contribution in [0, 0.1) is 0 Å². The van der Waals surface area contributed by atoms with Crippen LogP contribution >= 0.6 is 0 Å². The van der Waals surface area contributed by atoms with Gasteiger partial charge in [0, 0.05) is 24.2 Å². The Morgan fingerprint density at radius 2 is 1.52 bits per heavy atom. The summed E-state index contributed by atoms with van der Waals surface area (Å²) in [6.07, 6.45) is 0. The number of ether oxygens (including phenoxy) is 1. The van der Waals surface area contributed by atoms with Crippen LogP contribution in [0.15, 0.2) is 48.5 Å². The summed E-state index contributed by atoms with van der Waals surface area (Å²) < 4.78 is 4.72. The van der Waals surface area contributed by atoms with Crippen molar-refractivity contribution in [3.63, 3.8) is 0 Å². The van der Waals surface area contributed by atoms with Crippen molar-refractivity contribution in [2.24, 2.45) is 0 Å². The first-order chi connectivity index (χ1) is 12.9. The average molecular weight is 369 g/mol. The van der Waals surface area contributed by atoms with Crippen molar-refractivity contribution in [1.29, 1.82) is 0 Å². The number of hydrogen-bond donors (Lipinski definition) is 2. The number of anilines is 1. The Morgan fingerprint density at radius 1 is 0.926 bits per heavy atom. The molecule has 27 heavy (non-hydrogen) atoms. The smallest absolute Gasteiger partial charge is 0.339 e. The summed E-state index contributed by atoms with van der Waals surface area (Å²) in [5, 5.41) is 5.50. The molecule has 0 aliphatic rings. The Hall–Kier alpha value is -3.19. The quantitative estimate of drug-likeness (QED) is 0.729. The molecule has 0 aliphatic heterocycles. The molecule has 2 N–H and O–H groups in total. The second-order valence-electron chi connectivity index (χ2n) is 6.13. The second kappa shape index (κ2) is 9.49. The summed E-state index contributed by atoms with van der Waals surface area (Å²) in [4.78, 5) is 38.3. The van der Waals surface area contributed by atoms with Crippen molar-refractivity contribution in [3.05, 3.63) is 65.2 Å². The molecule has 0 bridgehead atoms. The lowest BCUT2D eigenvalue weighted by Crippen LogP contribution is -2.31. The standard InChI is InChI=1S/C20H23N3O4/c1-23(2)13-12-21-18(24)14-8-10-15(11-9-14)19(25)22-17-7-5-4-6-16(17)20(26)27-3/h4-11H,12-13H2,1-3H3,(H,21,24)(H,22,25). The van der Waals surface area contributed by atoms with Crippen LogP contribution in [0.3, 0.4) is 0 Å². The molecule has 0 spiro atoms. The van der Waals surface area contributed by atoms with Gasteiger partial charge >= 0.3 is 5.97 Å². The number of para-hydroxylation sites is 1. The summed E-state index contributed by atoms with van der Waals surface area (Å²) in [6, 6.07) is 12.9. The lowest BCUT2D eigenvalue weighted by molar-refractivity contribution is 0.0601. The minimum atomic E-state index is -0.532. The van der Waals surface area contributed by atoms with Crippen molar-refractivity contribution in [2.75, 3.05) is 39.6 Å². The molecule has 0 aromatic heterocycles. The van der Waals surface area contributed by atoms with Crippen LogP contribution in [0.4, 0.5) is 5.69 Å². The molecule has 0 aliphatic carbocycles. The number of benzene rings is 2. The van der Waals surface area contributed by atoms with Gasteiger partial charge in [0.05, 0.1) is 18.4 Å². The maximum atomic E-state index is 12.4. The highest BCUT2D eigenvalue weighted by molar-refractivity contribution is 6.08. The maximum absolute atomic E-state index is 12.4. The summed E-state index contributed by atoms with van der Waals surface area (Å²) in [5.74, 6) is -1.11. The van der Waals surface area contributed by atoms with Crippen LogP contribution in [0.1, 0.15) is 31.1 Å². The zero-order valence-electron chi connectivity index (χ0n) is 15.6. The Labute approximate surface area is 158 Å². The van der Waals surface area contributed by atoms with Gasteiger partial charge in [0.25, 0.3) is 11.8 Å². The minimum absolute atomic E-state index is 0.195. The molecule has 0 saturated heterocycles. The molecule has 2 amide bonds. The summed E-state index contributed by atoms with van der Waals surface area (Å²) in [6.45, 7) is 1.28. The number of nitrogens with zero attached hydrogens (tertiary/aromatic N) is 1. The summed E-state index contributed by atoms with van der Waals surface area (Å²) in [7, 11) is 5.14. The fourth-order valence-electron chi connectivity index (χ4n) is 2.34.